The number of hydrogen-bond acceptors (Lipinski definition) is 6. The molecule has 1 aliphatic rings. The zero-order valence-corrected chi connectivity index (χ0v) is 17.9. The van der Waals surface area contributed by atoms with Crippen LogP contribution in [0.3, 0.4) is 0 Å². The molecule has 2 aromatic carbocycles. The van der Waals surface area contributed by atoms with Crippen LogP contribution in [0.4, 0.5) is 10.5 Å². The summed E-state index contributed by atoms with van der Waals surface area (Å²) < 4.78 is 9.76. The molecule has 10 heteroatoms. The molecular formula is C19H12Cl3NO5S. The molecule has 0 N–H and O–H groups in total. The van der Waals surface area contributed by atoms with Crippen LogP contribution in [-0.2, 0) is 14.3 Å². The highest BCUT2D eigenvalue weighted by Crippen LogP contribution is 2.39. The molecule has 150 valence electrons. The molecule has 2 aromatic rings. The van der Waals surface area contributed by atoms with Crippen LogP contribution in [0.5, 0.6) is 5.75 Å². The van der Waals surface area contributed by atoms with Gasteiger partial charge in [-0.3, -0.25) is 9.59 Å². The van der Waals surface area contributed by atoms with Crippen LogP contribution in [0, 0.1) is 0 Å². The van der Waals surface area contributed by atoms with Gasteiger partial charge in [0.05, 0.1) is 27.7 Å². The van der Waals surface area contributed by atoms with Gasteiger partial charge in [0.2, 0.25) is 0 Å². The lowest BCUT2D eigenvalue weighted by Gasteiger charge is -2.12. The van der Waals surface area contributed by atoms with Crippen molar-refractivity contribution < 1.29 is 23.9 Å². The van der Waals surface area contributed by atoms with E-state index in [-0.39, 0.29) is 27.3 Å². The second kappa shape index (κ2) is 9.09. The third-order valence-electron chi connectivity index (χ3n) is 3.76. The Morgan fingerprint density at radius 1 is 1.10 bits per heavy atom. The van der Waals surface area contributed by atoms with Crippen LogP contribution in [-0.4, -0.2) is 30.8 Å². The quantitative estimate of drug-likeness (QED) is 0.426. The predicted octanol–water partition coefficient (Wildman–Crippen LogP) is 5.44. The van der Waals surface area contributed by atoms with Gasteiger partial charge in [0.1, 0.15) is 0 Å². The number of carbonyl (C=O) groups is 3. The average molecular weight is 473 g/mol. The number of nitrogens with zero attached hydrogens (tertiary/aromatic N) is 1. The van der Waals surface area contributed by atoms with E-state index in [9.17, 15) is 14.4 Å². The molecule has 0 atom stereocenters. The van der Waals surface area contributed by atoms with Gasteiger partial charge in [0, 0.05) is 5.02 Å². The predicted molar refractivity (Wildman–Crippen MR) is 114 cm³/mol. The number of halogens is 3. The largest absolute Gasteiger partial charge is 0.479 e. The topological polar surface area (TPSA) is 72.9 Å². The molecule has 1 heterocycles. The third-order valence-corrected chi connectivity index (χ3v) is 5.44. The number of methoxy groups -OCH3 is 1. The summed E-state index contributed by atoms with van der Waals surface area (Å²) in [7, 11) is 1.23. The van der Waals surface area contributed by atoms with E-state index in [0.29, 0.717) is 16.3 Å². The molecule has 0 aromatic heterocycles. The summed E-state index contributed by atoms with van der Waals surface area (Å²) in [4.78, 5) is 37.5. The first-order valence-corrected chi connectivity index (χ1v) is 9.97. The zero-order chi connectivity index (χ0) is 21.1. The van der Waals surface area contributed by atoms with Crippen molar-refractivity contribution in [1.82, 2.24) is 0 Å². The summed E-state index contributed by atoms with van der Waals surface area (Å²) >= 11 is 19.0. The minimum Gasteiger partial charge on any atom is -0.479 e. The molecule has 0 unspecified atom stereocenters. The molecule has 1 aliphatic heterocycles. The van der Waals surface area contributed by atoms with Crippen LogP contribution in [0.25, 0.3) is 6.08 Å². The van der Waals surface area contributed by atoms with Crippen molar-refractivity contribution in [2.75, 3.05) is 18.6 Å². The highest BCUT2D eigenvalue weighted by Gasteiger charge is 2.36. The Balaban J connectivity index is 1.84. The summed E-state index contributed by atoms with van der Waals surface area (Å²) in [5, 5.41) is 0.350. The van der Waals surface area contributed by atoms with Gasteiger partial charge >= 0.3 is 5.97 Å². The van der Waals surface area contributed by atoms with Gasteiger partial charge < -0.3 is 9.47 Å². The van der Waals surface area contributed by atoms with Gasteiger partial charge in [-0.2, -0.15) is 0 Å². The number of amides is 2. The lowest BCUT2D eigenvalue weighted by molar-refractivity contribution is -0.142. The van der Waals surface area contributed by atoms with Crippen LogP contribution < -0.4 is 9.64 Å². The fourth-order valence-corrected chi connectivity index (χ4v) is 4.00. The fourth-order valence-electron chi connectivity index (χ4n) is 2.42. The lowest BCUT2D eigenvalue weighted by Crippen LogP contribution is -2.27. The Hall–Kier alpha value is -2.19. The smallest absolute Gasteiger partial charge is 0.343 e. The normalized spacial score (nSPS) is 15.2. The fraction of sp³-hybridized carbons (Fsp3) is 0.105. The van der Waals surface area contributed by atoms with Gasteiger partial charge in [-0.1, -0.05) is 34.8 Å². The first-order valence-electron chi connectivity index (χ1n) is 8.02. The van der Waals surface area contributed by atoms with Crippen molar-refractivity contribution >= 4 is 75.4 Å². The molecular weight excluding hydrogens is 461 g/mol. The summed E-state index contributed by atoms with van der Waals surface area (Å²) in [6, 6.07) is 9.38. The molecule has 0 saturated carbocycles. The summed E-state index contributed by atoms with van der Waals surface area (Å²) in [6.45, 7) is -0.352. The van der Waals surface area contributed by atoms with E-state index >= 15 is 0 Å². The number of benzene rings is 2. The van der Waals surface area contributed by atoms with E-state index in [2.05, 4.69) is 4.74 Å². The van der Waals surface area contributed by atoms with Gasteiger partial charge in [-0.15, -0.1) is 0 Å². The maximum atomic E-state index is 12.7. The van der Waals surface area contributed by atoms with E-state index in [1.807, 2.05) is 0 Å². The molecule has 1 saturated heterocycles. The number of thioether (sulfide) groups is 1. The number of carbonyl (C=O) groups excluding carboxylic acids is 3. The maximum Gasteiger partial charge on any atom is 0.343 e. The number of ether oxygens (including phenoxy) is 2. The second-order valence-corrected chi connectivity index (χ2v) is 7.92. The van der Waals surface area contributed by atoms with Gasteiger partial charge in [-0.25, -0.2) is 9.69 Å². The zero-order valence-electron chi connectivity index (χ0n) is 14.8. The minimum atomic E-state index is -0.586. The van der Waals surface area contributed by atoms with E-state index in [1.165, 1.54) is 25.3 Å². The van der Waals surface area contributed by atoms with Crippen LogP contribution in [0.2, 0.25) is 15.1 Å². The van der Waals surface area contributed by atoms with Crippen LogP contribution in [0.15, 0.2) is 41.3 Å². The molecule has 1 fully saturated rings. The van der Waals surface area contributed by atoms with Gasteiger partial charge in [0.25, 0.3) is 11.1 Å². The molecule has 0 radical (unpaired) electrons. The minimum absolute atomic E-state index is 0.116. The van der Waals surface area contributed by atoms with Crippen molar-refractivity contribution in [3.8, 4) is 5.75 Å². The van der Waals surface area contributed by atoms with E-state index in [4.69, 9.17) is 39.5 Å². The Kier molecular flexibility index (Phi) is 6.74. The highest BCUT2D eigenvalue weighted by molar-refractivity contribution is 8.19. The maximum absolute atomic E-state index is 12.7. The first kappa shape index (κ1) is 21.5. The molecule has 2 amide bonds. The van der Waals surface area contributed by atoms with Crippen molar-refractivity contribution in [2.24, 2.45) is 0 Å². The number of imide groups is 1. The molecule has 0 bridgehead atoms. The number of anilines is 1. The van der Waals surface area contributed by atoms with E-state index in [1.54, 1.807) is 24.3 Å². The summed E-state index contributed by atoms with van der Waals surface area (Å²) in [6.07, 6.45) is 1.50. The molecule has 0 aliphatic carbocycles. The van der Waals surface area contributed by atoms with E-state index < -0.39 is 17.1 Å². The van der Waals surface area contributed by atoms with Crippen LogP contribution >= 0.6 is 46.6 Å². The molecule has 29 heavy (non-hydrogen) atoms. The summed E-state index contributed by atoms with van der Waals surface area (Å²) in [5.74, 6) is -0.942. The van der Waals surface area contributed by atoms with E-state index in [0.717, 1.165) is 16.7 Å². The van der Waals surface area contributed by atoms with Gasteiger partial charge in [0.15, 0.2) is 12.4 Å². The van der Waals surface area contributed by atoms with Crippen molar-refractivity contribution in [3.05, 3.63) is 61.9 Å². The Morgan fingerprint density at radius 2 is 1.72 bits per heavy atom. The van der Waals surface area contributed by atoms with Crippen molar-refractivity contribution in [2.45, 2.75) is 0 Å². The third kappa shape index (κ3) is 4.87. The monoisotopic (exact) mass is 471 g/mol. The number of rotatable bonds is 5. The Labute approximate surface area is 185 Å². The lowest BCUT2D eigenvalue weighted by atomic mass is 10.2. The molecule has 3 rings (SSSR count). The highest BCUT2D eigenvalue weighted by atomic mass is 35.5. The summed E-state index contributed by atoms with van der Waals surface area (Å²) in [5.41, 5.74) is 0.912. The molecule has 6 nitrogen and oxygen atoms in total. The number of esters is 1. The number of hydrogen-bond donors (Lipinski definition) is 0. The SMILES string of the molecule is COC(=O)COc1c(Cl)cc(/C=C2/SC(=O)N(c3ccc(Cl)cc3)C2=O)cc1Cl. The molecule has 0 spiro atoms. The standard InChI is InChI=1S/C19H12Cl3NO5S/c1-27-16(24)9-28-17-13(21)6-10(7-14(17)22)8-15-18(25)23(19(26)29-15)12-4-2-11(20)3-5-12/h2-8H,9H2,1H3/b15-8+. The van der Waals surface area contributed by atoms with Crippen LogP contribution in [0.1, 0.15) is 5.56 Å². The average Bonchev–Trinajstić information content (AvgIpc) is 2.95. The Morgan fingerprint density at radius 3 is 2.31 bits per heavy atom. The van der Waals surface area contributed by atoms with Gasteiger partial charge in [-0.05, 0) is 59.8 Å². The van der Waals surface area contributed by atoms with Crippen molar-refractivity contribution in [3.63, 3.8) is 0 Å². The second-order valence-electron chi connectivity index (χ2n) is 5.67. The van der Waals surface area contributed by atoms with Crippen molar-refractivity contribution in [1.29, 1.82) is 0 Å². The Bertz CT molecular complexity index is 1000. The first-order chi connectivity index (χ1) is 13.8.